The maximum absolute atomic E-state index is 12.8. The van der Waals surface area contributed by atoms with Crippen LogP contribution in [0.3, 0.4) is 0 Å². The zero-order valence-electron chi connectivity index (χ0n) is 16.5. The zero-order chi connectivity index (χ0) is 19.6. The Kier molecular flexibility index (Phi) is 5.95. The van der Waals surface area contributed by atoms with Gasteiger partial charge in [-0.3, -0.25) is 4.79 Å². The highest BCUT2D eigenvalue weighted by molar-refractivity contribution is 6.30. The maximum atomic E-state index is 12.8. The van der Waals surface area contributed by atoms with Gasteiger partial charge in [0.05, 0.1) is 0 Å². The SMILES string of the molecule is Cc1ccc(O[C@@H](C)C(=O)N2CCN(c3cc(Cl)ccc3C)CC2)c(C)c1. The largest absolute Gasteiger partial charge is 0.481 e. The molecule has 27 heavy (non-hydrogen) atoms. The van der Waals surface area contributed by atoms with Crippen LogP contribution in [0, 0.1) is 20.8 Å². The predicted octanol–water partition coefficient (Wildman–Crippen LogP) is 4.38. The topological polar surface area (TPSA) is 32.8 Å². The Morgan fingerprint density at radius 2 is 1.70 bits per heavy atom. The molecule has 1 amide bonds. The average Bonchev–Trinajstić information content (AvgIpc) is 2.65. The van der Waals surface area contributed by atoms with Gasteiger partial charge in [-0.15, -0.1) is 0 Å². The normalized spacial score (nSPS) is 15.6. The number of rotatable bonds is 4. The van der Waals surface area contributed by atoms with Crippen molar-refractivity contribution in [2.45, 2.75) is 33.8 Å². The van der Waals surface area contributed by atoms with Crippen molar-refractivity contribution in [2.24, 2.45) is 0 Å². The molecule has 144 valence electrons. The number of carbonyl (C=O) groups excluding carboxylic acids is 1. The van der Waals surface area contributed by atoms with E-state index in [1.165, 1.54) is 11.1 Å². The second kappa shape index (κ2) is 8.22. The summed E-state index contributed by atoms with van der Waals surface area (Å²) >= 11 is 6.15. The number of ether oxygens (including phenoxy) is 1. The molecule has 0 aromatic heterocycles. The van der Waals surface area contributed by atoms with E-state index in [9.17, 15) is 4.79 Å². The van der Waals surface area contributed by atoms with Crippen LogP contribution in [0.4, 0.5) is 5.69 Å². The summed E-state index contributed by atoms with van der Waals surface area (Å²) < 4.78 is 5.94. The number of nitrogens with zero attached hydrogens (tertiary/aromatic N) is 2. The van der Waals surface area contributed by atoms with Crippen LogP contribution in [0.2, 0.25) is 5.02 Å². The summed E-state index contributed by atoms with van der Waals surface area (Å²) in [6.07, 6.45) is -0.495. The lowest BCUT2D eigenvalue weighted by Gasteiger charge is -2.37. The van der Waals surface area contributed by atoms with E-state index < -0.39 is 6.10 Å². The van der Waals surface area contributed by atoms with Crippen LogP contribution in [-0.2, 0) is 4.79 Å². The van der Waals surface area contributed by atoms with Gasteiger partial charge in [0.15, 0.2) is 6.10 Å². The summed E-state index contributed by atoms with van der Waals surface area (Å²) in [5.74, 6) is 0.812. The summed E-state index contributed by atoms with van der Waals surface area (Å²) in [7, 11) is 0. The van der Waals surface area contributed by atoms with E-state index in [2.05, 4.69) is 17.9 Å². The van der Waals surface area contributed by atoms with E-state index in [1.807, 2.05) is 56.0 Å². The summed E-state index contributed by atoms with van der Waals surface area (Å²) in [6.45, 7) is 10.9. The maximum Gasteiger partial charge on any atom is 0.263 e. The first-order valence-corrected chi connectivity index (χ1v) is 9.77. The Morgan fingerprint density at radius 3 is 2.37 bits per heavy atom. The number of amides is 1. The molecule has 0 unspecified atom stereocenters. The lowest BCUT2D eigenvalue weighted by atomic mass is 10.1. The Hall–Kier alpha value is -2.20. The third kappa shape index (κ3) is 4.56. The molecule has 1 saturated heterocycles. The molecule has 0 spiro atoms. The lowest BCUT2D eigenvalue weighted by molar-refractivity contribution is -0.138. The van der Waals surface area contributed by atoms with Gasteiger partial charge in [-0.05, 0) is 57.0 Å². The van der Waals surface area contributed by atoms with Crippen molar-refractivity contribution in [1.82, 2.24) is 4.90 Å². The van der Waals surface area contributed by atoms with Crippen LogP contribution in [0.5, 0.6) is 5.75 Å². The van der Waals surface area contributed by atoms with Crippen molar-refractivity contribution in [3.05, 3.63) is 58.1 Å². The summed E-state index contributed by atoms with van der Waals surface area (Å²) in [4.78, 5) is 17.0. The first-order valence-electron chi connectivity index (χ1n) is 9.39. The fraction of sp³-hybridized carbons (Fsp3) is 0.409. The van der Waals surface area contributed by atoms with Crippen molar-refractivity contribution in [2.75, 3.05) is 31.1 Å². The minimum absolute atomic E-state index is 0.0393. The van der Waals surface area contributed by atoms with E-state index in [1.54, 1.807) is 0 Å². The number of carbonyl (C=O) groups is 1. The van der Waals surface area contributed by atoms with Crippen molar-refractivity contribution in [3.8, 4) is 5.75 Å². The first-order chi connectivity index (χ1) is 12.8. The highest BCUT2D eigenvalue weighted by Gasteiger charge is 2.27. The molecule has 1 fully saturated rings. The zero-order valence-corrected chi connectivity index (χ0v) is 17.2. The Morgan fingerprint density at radius 1 is 1.00 bits per heavy atom. The van der Waals surface area contributed by atoms with Gasteiger partial charge < -0.3 is 14.5 Å². The van der Waals surface area contributed by atoms with E-state index in [0.717, 1.165) is 35.1 Å². The van der Waals surface area contributed by atoms with Gasteiger partial charge >= 0.3 is 0 Å². The average molecular weight is 387 g/mol. The molecule has 0 saturated carbocycles. The van der Waals surface area contributed by atoms with E-state index >= 15 is 0 Å². The van der Waals surface area contributed by atoms with Crippen molar-refractivity contribution >= 4 is 23.2 Å². The molecule has 1 atom stereocenters. The third-order valence-electron chi connectivity index (χ3n) is 5.09. The van der Waals surface area contributed by atoms with E-state index in [4.69, 9.17) is 16.3 Å². The standard InChI is InChI=1S/C22H27ClN2O2/c1-15-5-8-21(17(3)13-15)27-18(4)22(26)25-11-9-24(10-12-25)20-14-19(23)7-6-16(20)2/h5-8,13-14,18H,9-12H2,1-4H3/t18-/m0/s1. The second-order valence-corrected chi connectivity index (χ2v) is 7.71. The number of hydrogen-bond acceptors (Lipinski definition) is 3. The minimum Gasteiger partial charge on any atom is -0.481 e. The molecule has 0 N–H and O–H groups in total. The van der Waals surface area contributed by atoms with Crippen LogP contribution in [0.1, 0.15) is 23.6 Å². The van der Waals surface area contributed by atoms with Crippen molar-refractivity contribution < 1.29 is 9.53 Å². The smallest absolute Gasteiger partial charge is 0.263 e. The highest BCUT2D eigenvalue weighted by Crippen LogP contribution is 2.26. The Bertz CT molecular complexity index is 829. The molecule has 2 aromatic rings. The number of aryl methyl sites for hydroxylation is 3. The van der Waals surface area contributed by atoms with Crippen LogP contribution >= 0.6 is 11.6 Å². The fourth-order valence-electron chi connectivity index (χ4n) is 3.52. The monoisotopic (exact) mass is 386 g/mol. The molecule has 5 heteroatoms. The van der Waals surface area contributed by atoms with Gasteiger partial charge in [-0.25, -0.2) is 0 Å². The van der Waals surface area contributed by atoms with Gasteiger partial charge in [0.1, 0.15) is 5.75 Å². The predicted molar refractivity (Wildman–Crippen MR) is 111 cm³/mol. The molecular formula is C22H27ClN2O2. The molecule has 1 aliphatic heterocycles. The number of hydrogen-bond donors (Lipinski definition) is 0. The van der Waals surface area contributed by atoms with Gasteiger partial charge in [0.25, 0.3) is 5.91 Å². The van der Waals surface area contributed by atoms with Crippen LogP contribution in [0.15, 0.2) is 36.4 Å². The number of piperazine rings is 1. The number of anilines is 1. The van der Waals surface area contributed by atoms with Gasteiger partial charge in [-0.1, -0.05) is 35.4 Å². The van der Waals surface area contributed by atoms with Crippen LogP contribution in [-0.4, -0.2) is 43.1 Å². The second-order valence-electron chi connectivity index (χ2n) is 7.27. The molecular weight excluding hydrogens is 360 g/mol. The molecule has 0 aliphatic carbocycles. The Balaban J connectivity index is 1.60. The third-order valence-corrected chi connectivity index (χ3v) is 5.32. The number of benzene rings is 2. The molecule has 0 radical (unpaired) electrons. The van der Waals surface area contributed by atoms with Crippen LogP contribution < -0.4 is 9.64 Å². The van der Waals surface area contributed by atoms with Gasteiger partial charge in [0, 0.05) is 36.9 Å². The molecule has 2 aromatic carbocycles. The lowest BCUT2D eigenvalue weighted by Crippen LogP contribution is -2.52. The number of halogens is 1. The summed E-state index contributed by atoms with van der Waals surface area (Å²) in [5.41, 5.74) is 4.59. The van der Waals surface area contributed by atoms with Crippen molar-refractivity contribution in [3.63, 3.8) is 0 Å². The Labute approximate surface area is 166 Å². The highest BCUT2D eigenvalue weighted by atomic mass is 35.5. The molecule has 1 aliphatic rings. The van der Waals surface area contributed by atoms with E-state index in [-0.39, 0.29) is 5.91 Å². The molecule has 0 bridgehead atoms. The summed E-state index contributed by atoms with van der Waals surface area (Å²) in [6, 6.07) is 12.0. The van der Waals surface area contributed by atoms with Crippen LogP contribution in [0.25, 0.3) is 0 Å². The molecule has 1 heterocycles. The summed E-state index contributed by atoms with van der Waals surface area (Å²) in [5, 5.41) is 0.740. The van der Waals surface area contributed by atoms with Gasteiger partial charge in [-0.2, -0.15) is 0 Å². The van der Waals surface area contributed by atoms with E-state index in [0.29, 0.717) is 13.1 Å². The quantitative estimate of drug-likeness (QED) is 0.781. The fourth-order valence-corrected chi connectivity index (χ4v) is 3.69. The van der Waals surface area contributed by atoms with Crippen molar-refractivity contribution in [1.29, 1.82) is 0 Å². The molecule has 4 nitrogen and oxygen atoms in total. The first kappa shape index (κ1) is 19.6. The molecule has 3 rings (SSSR count). The van der Waals surface area contributed by atoms with Gasteiger partial charge in [0.2, 0.25) is 0 Å². The minimum atomic E-state index is -0.495.